The van der Waals surface area contributed by atoms with Crippen LogP contribution in [0.5, 0.6) is 0 Å². The molecule has 0 aliphatic carbocycles. The number of hydrogen-bond donors (Lipinski definition) is 0. The number of sulfonamides is 1. The van der Waals surface area contributed by atoms with E-state index in [2.05, 4.69) is 25.1 Å². The average Bonchev–Trinajstić information content (AvgIpc) is 2.82. The fourth-order valence-corrected chi connectivity index (χ4v) is 5.01. The SMILES string of the molecule is Cc1cccc([C@@H]2CCCCCN2S(=O)(=O)c2ccccc2)c1. The Morgan fingerprint density at radius 3 is 2.48 bits per heavy atom. The first-order valence-electron chi connectivity index (χ1n) is 8.22. The van der Waals surface area contributed by atoms with Crippen LogP contribution in [0.15, 0.2) is 59.5 Å². The molecule has 0 radical (unpaired) electrons. The highest BCUT2D eigenvalue weighted by Crippen LogP contribution is 2.34. The van der Waals surface area contributed by atoms with Gasteiger partial charge in [-0.2, -0.15) is 4.31 Å². The Balaban J connectivity index is 2.03. The van der Waals surface area contributed by atoms with E-state index in [1.165, 1.54) is 5.56 Å². The standard InChI is InChI=1S/C19H23NO2S/c1-16-9-8-10-17(15-16)19-13-6-3-7-14-20(19)23(21,22)18-11-4-2-5-12-18/h2,4-5,8-12,15,19H,3,6-7,13-14H2,1H3/t19-/m0/s1. The van der Waals surface area contributed by atoms with Crippen molar-refractivity contribution < 1.29 is 8.42 Å². The van der Waals surface area contributed by atoms with E-state index < -0.39 is 10.0 Å². The third-order valence-corrected chi connectivity index (χ3v) is 6.40. The maximum Gasteiger partial charge on any atom is 0.243 e. The first-order chi connectivity index (χ1) is 11.1. The average molecular weight is 329 g/mol. The van der Waals surface area contributed by atoms with E-state index in [9.17, 15) is 8.42 Å². The van der Waals surface area contributed by atoms with Crippen molar-refractivity contribution in [2.45, 2.75) is 43.5 Å². The molecule has 4 heteroatoms. The topological polar surface area (TPSA) is 37.4 Å². The fraction of sp³-hybridized carbons (Fsp3) is 0.368. The molecule has 2 aromatic rings. The molecular formula is C19H23NO2S. The van der Waals surface area contributed by atoms with E-state index in [-0.39, 0.29) is 6.04 Å². The van der Waals surface area contributed by atoms with Gasteiger partial charge >= 0.3 is 0 Å². The van der Waals surface area contributed by atoms with Crippen LogP contribution in [-0.2, 0) is 10.0 Å². The minimum absolute atomic E-state index is 0.0670. The van der Waals surface area contributed by atoms with Crippen molar-refractivity contribution in [1.82, 2.24) is 4.31 Å². The van der Waals surface area contributed by atoms with Gasteiger partial charge in [-0.3, -0.25) is 0 Å². The minimum atomic E-state index is -3.46. The zero-order chi connectivity index (χ0) is 16.3. The maximum absolute atomic E-state index is 13.1. The van der Waals surface area contributed by atoms with Crippen molar-refractivity contribution in [3.05, 3.63) is 65.7 Å². The Labute approximate surface area is 139 Å². The molecule has 0 spiro atoms. The Bertz CT molecular complexity index is 756. The molecule has 1 aliphatic rings. The summed E-state index contributed by atoms with van der Waals surface area (Å²) in [5.41, 5.74) is 2.27. The highest BCUT2D eigenvalue weighted by molar-refractivity contribution is 7.89. The molecule has 0 unspecified atom stereocenters. The summed E-state index contributed by atoms with van der Waals surface area (Å²) >= 11 is 0. The van der Waals surface area contributed by atoms with Crippen molar-refractivity contribution >= 4 is 10.0 Å². The quantitative estimate of drug-likeness (QED) is 0.842. The van der Waals surface area contributed by atoms with Crippen molar-refractivity contribution in [2.75, 3.05) is 6.54 Å². The largest absolute Gasteiger partial charge is 0.243 e. The summed E-state index contributed by atoms with van der Waals surface area (Å²) in [6.07, 6.45) is 3.96. The van der Waals surface area contributed by atoms with E-state index in [1.807, 2.05) is 12.1 Å². The normalized spacial score (nSPS) is 20.1. The number of nitrogens with zero attached hydrogens (tertiary/aromatic N) is 1. The molecule has 23 heavy (non-hydrogen) atoms. The van der Waals surface area contributed by atoms with Crippen molar-refractivity contribution in [3.63, 3.8) is 0 Å². The van der Waals surface area contributed by atoms with Gasteiger partial charge in [-0.05, 0) is 37.5 Å². The zero-order valence-corrected chi connectivity index (χ0v) is 14.3. The van der Waals surface area contributed by atoms with Gasteiger partial charge in [0.15, 0.2) is 0 Å². The molecule has 0 N–H and O–H groups in total. The molecule has 2 aromatic carbocycles. The van der Waals surface area contributed by atoms with Crippen LogP contribution in [0.2, 0.25) is 0 Å². The summed E-state index contributed by atoms with van der Waals surface area (Å²) in [5.74, 6) is 0. The first kappa shape index (κ1) is 16.2. The summed E-state index contributed by atoms with van der Waals surface area (Å²) in [6.45, 7) is 2.64. The van der Waals surface area contributed by atoms with E-state index >= 15 is 0 Å². The lowest BCUT2D eigenvalue weighted by atomic mass is 10.0. The van der Waals surface area contributed by atoms with Crippen LogP contribution in [0.1, 0.15) is 42.9 Å². The van der Waals surface area contributed by atoms with Crippen molar-refractivity contribution in [1.29, 1.82) is 0 Å². The minimum Gasteiger partial charge on any atom is -0.207 e. The fourth-order valence-electron chi connectivity index (χ4n) is 3.31. The van der Waals surface area contributed by atoms with Crippen LogP contribution in [-0.4, -0.2) is 19.3 Å². The van der Waals surface area contributed by atoms with Crippen LogP contribution in [0.25, 0.3) is 0 Å². The summed E-state index contributed by atoms with van der Waals surface area (Å²) in [4.78, 5) is 0.388. The number of rotatable bonds is 3. The van der Waals surface area contributed by atoms with E-state index in [1.54, 1.807) is 28.6 Å². The number of benzene rings is 2. The van der Waals surface area contributed by atoms with Gasteiger partial charge in [0.1, 0.15) is 0 Å². The molecule has 0 amide bonds. The Hall–Kier alpha value is -1.65. The molecular weight excluding hydrogens is 306 g/mol. The van der Waals surface area contributed by atoms with E-state index in [4.69, 9.17) is 0 Å². The summed E-state index contributed by atoms with van der Waals surface area (Å²) in [5, 5.41) is 0. The molecule has 1 saturated heterocycles. The summed E-state index contributed by atoms with van der Waals surface area (Å²) in [6, 6.07) is 17.0. The van der Waals surface area contributed by atoms with Gasteiger partial charge in [0, 0.05) is 6.54 Å². The molecule has 122 valence electrons. The van der Waals surface area contributed by atoms with Gasteiger partial charge in [0.2, 0.25) is 10.0 Å². The Morgan fingerprint density at radius 2 is 1.74 bits per heavy atom. The molecule has 0 saturated carbocycles. The molecule has 1 atom stereocenters. The molecule has 3 nitrogen and oxygen atoms in total. The predicted octanol–water partition coefficient (Wildman–Crippen LogP) is 4.30. The highest BCUT2D eigenvalue weighted by atomic mass is 32.2. The predicted molar refractivity (Wildman–Crippen MR) is 92.7 cm³/mol. The molecule has 1 fully saturated rings. The van der Waals surface area contributed by atoms with Gasteiger partial charge in [0.05, 0.1) is 10.9 Å². The second kappa shape index (κ2) is 6.85. The van der Waals surface area contributed by atoms with Crippen LogP contribution < -0.4 is 0 Å². The van der Waals surface area contributed by atoms with Crippen LogP contribution in [0.4, 0.5) is 0 Å². The van der Waals surface area contributed by atoms with Gasteiger partial charge in [-0.25, -0.2) is 8.42 Å². The summed E-state index contributed by atoms with van der Waals surface area (Å²) < 4.78 is 28.0. The molecule has 3 rings (SSSR count). The lowest BCUT2D eigenvalue weighted by Gasteiger charge is -2.29. The van der Waals surface area contributed by atoms with Gasteiger partial charge in [0.25, 0.3) is 0 Å². The van der Waals surface area contributed by atoms with E-state index in [0.717, 1.165) is 31.2 Å². The summed E-state index contributed by atoms with van der Waals surface area (Å²) in [7, 11) is -3.46. The highest BCUT2D eigenvalue weighted by Gasteiger charge is 2.33. The number of aryl methyl sites for hydroxylation is 1. The monoisotopic (exact) mass is 329 g/mol. The lowest BCUT2D eigenvalue weighted by Crippen LogP contribution is -2.34. The maximum atomic E-state index is 13.1. The Kier molecular flexibility index (Phi) is 4.83. The third kappa shape index (κ3) is 3.48. The molecule has 0 aromatic heterocycles. The van der Waals surface area contributed by atoms with Crippen LogP contribution in [0.3, 0.4) is 0 Å². The van der Waals surface area contributed by atoms with Crippen molar-refractivity contribution in [3.8, 4) is 0 Å². The third-order valence-electron chi connectivity index (χ3n) is 4.48. The van der Waals surface area contributed by atoms with Gasteiger partial charge in [-0.15, -0.1) is 0 Å². The Morgan fingerprint density at radius 1 is 0.957 bits per heavy atom. The van der Waals surface area contributed by atoms with E-state index in [0.29, 0.717) is 11.4 Å². The van der Waals surface area contributed by atoms with Gasteiger partial charge in [-0.1, -0.05) is 60.9 Å². The molecule has 1 heterocycles. The zero-order valence-electron chi connectivity index (χ0n) is 13.5. The molecule has 0 bridgehead atoms. The first-order valence-corrected chi connectivity index (χ1v) is 9.66. The van der Waals surface area contributed by atoms with Gasteiger partial charge < -0.3 is 0 Å². The van der Waals surface area contributed by atoms with Crippen LogP contribution >= 0.6 is 0 Å². The lowest BCUT2D eigenvalue weighted by molar-refractivity contribution is 0.329. The molecule has 1 aliphatic heterocycles. The second-order valence-corrected chi connectivity index (χ2v) is 8.10. The van der Waals surface area contributed by atoms with Crippen molar-refractivity contribution in [2.24, 2.45) is 0 Å². The smallest absolute Gasteiger partial charge is 0.207 e. The van der Waals surface area contributed by atoms with Crippen LogP contribution in [0, 0.1) is 6.92 Å². The number of hydrogen-bond acceptors (Lipinski definition) is 2. The second-order valence-electron chi connectivity index (χ2n) is 6.21.